The quantitative estimate of drug-likeness (QED) is 0.631. The third kappa shape index (κ3) is 1.00. The van der Waals surface area contributed by atoms with E-state index in [1.165, 1.54) is 6.42 Å². The Morgan fingerprint density at radius 3 is 2.83 bits per heavy atom. The molecule has 1 saturated carbocycles. The molecule has 3 nitrogen and oxygen atoms in total. The van der Waals surface area contributed by atoms with Crippen molar-refractivity contribution < 1.29 is 14.2 Å². The summed E-state index contributed by atoms with van der Waals surface area (Å²) in [6, 6.07) is 0. The highest BCUT2D eigenvalue weighted by atomic mass is 16.6. The molecule has 12 heavy (non-hydrogen) atoms. The Kier molecular flexibility index (Phi) is 2.10. The van der Waals surface area contributed by atoms with Crippen LogP contribution in [0.1, 0.15) is 12.8 Å². The second kappa shape index (κ2) is 2.98. The summed E-state index contributed by atoms with van der Waals surface area (Å²) in [5, 5.41) is 0. The smallest absolute Gasteiger partial charge is 0.118 e. The lowest BCUT2D eigenvalue weighted by Gasteiger charge is -2.29. The molecule has 0 N–H and O–H groups in total. The number of ether oxygens (including phenoxy) is 3. The standard InChI is InChI=1S/C9H16O3/c1-10-6-9-4-3-7(5-12-9)8(9)11-2/h7-8H,3-6H2,1-2H3/t7-,8-,9+/m0/s1. The summed E-state index contributed by atoms with van der Waals surface area (Å²) < 4.78 is 16.4. The van der Waals surface area contributed by atoms with Gasteiger partial charge in [0.1, 0.15) is 5.60 Å². The number of fused-ring (bicyclic) bond motifs is 2. The third-order valence-electron chi connectivity index (χ3n) is 3.11. The van der Waals surface area contributed by atoms with Gasteiger partial charge in [-0.15, -0.1) is 0 Å². The van der Waals surface area contributed by atoms with Gasteiger partial charge in [-0.1, -0.05) is 0 Å². The molecular weight excluding hydrogens is 156 g/mol. The molecule has 0 radical (unpaired) electrons. The zero-order valence-electron chi connectivity index (χ0n) is 7.71. The molecule has 70 valence electrons. The summed E-state index contributed by atoms with van der Waals surface area (Å²) in [7, 11) is 3.48. The van der Waals surface area contributed by atoms with Crippen molar-refractivity contribution in [2.24, 2.45) is 5.92 Å². The molecule has 1 aliphatic heterocycles. The highest BCUT2D eigenvalue weighted by Crippen LogP contribution is 2.46. The second-order valence-corrected chi connectivity index (χ2v) is 3.76. The van der Waals surface area contributed by atoms with E-state index in [9.17, 15) is 0 Å². The summed E-state index contributed by atoms with van der Waals surface area (Å²) in [5.41, 5.74) is -0.117. The van der Waals surface area contributed by atoms with Gasteiger partial charge in [-0.2, -0.15) is 0 Å². The van der Waals surface area contributed by atoms with Gasteiger partial charge in [0.05, 0.1) is 19.3 Å². The maximum Gasteiger partial charge on any atom is 0.118 e. The molecule has 1 aliphatic carbocycles. The fraction of sp³-hybridized carbons (Fsp3) is 1.00. The van der Waals surface area contributed by atoms with Gasteiger partial charge in [0.25, 0.3) is 0 Å². The fourth-order valence-electron chi connectivity index (χ4n) is 2.60. The lowest BCUT2D eigenvalue weighted by molar-refractivity contribution is -0.106. The van der Waals surface area contributed by atoms with E-state index in [2.05, 4.69) is 0 Å². The molecule has 0 spiro atoms. The number of rotatable bonds is 3. The average molecular weight is 172 g/mol. The van der Waals surface area contributed by atoms with E-state index in [0.29, 0.717) is 12.5 Å². The van der Waals surface area contributed by atoms with Crippen molar-refractivity contribution in [2.45, 2.75) is 24.5 Å². The number of hydrogen-bond acceptors (Lipinski definition) is 3. The molecule has 0 amide bonds. The zero-order chi connectivity index (χ0) is 8.60. The molecule has 1 saturated heterocycles. The van der Waals surface area contributed by atoms with Crippen molar-refractivity contribution in [2.75, 3.05) is 27.4 Å². The molecule has 3 atom stereocenters. The van der Waals surface area contributed by atoms with Crippen molar-refractivity contribution >= 4 is 0 Å². The molecule has 0 aromatic heterocycles. The lowest BCUT2D eigenvalue weighted by atomic mass is 10.0. The van der Waals surface area contributed by atoms with Gasteiger partial charge < -0.3 is 14.2 Å². The van der Waals surface area contributed by atoms with Gasteiger partial charge in [-0.3, -0.25) is 0 Å². The fourth-order valence-corrected chi connectivity index (χ4v) is 2.60. The van der Waals surface area contributed by atoms with Gasteiger partial charge in [0.2, 0.25) is 0 Å². The predicted molar refractivity (Wildman–Crippen MR) is 44.1 cm³/mol. The maximum absolute atomic E-state index is 5.73. The van der Waals surface area contributed by atoms with Gasteiger partial charge in [0.15, 0.2) is 0 Å². The normalized spacial score (nSPS) is 45.5. The van der Waals surface area contributed by atoms with Crippen molar-refractivity contribution in [3.63, 3.8) is 0 Å². The highest BCUT2D eigenvalue weighted by molar-refractivity contribution is 5.04. The Hall–Kier alpha value is -0.120. The lowest BCUT2D eigenvalue weighted by Crippen LogP contribution is -2.42. The Morgan fingerprint density at radius 2 is 2.33 bits per heavy atom. The van der Waals surface area contributed by atoms with Gasteiger partial charge in [0, 0.05) is 20.1 Å². The molecule has 0 aromatic carbocycles. The van der Waals surface area contributed by atoms with Crippen LogP contribution >= 0.6 is 0 Å². The minimum absolute atomic E-state index is 0.117. The Morgan fingerprint density at radius 1 is 1.50 bits per heavy atom. The Balaban J connectivity index is 2.12. The Labute approximate surface area is 73.0 Å². The van der Waals surface area contributed by atoms with Crippen LogP contribution in [-0.2, 0) is 14.2 Å². The summed E-state index contributed by atoms with van der Waals surface area (Å²) in [4.78, 5) is 0. The number of methoxy groups -OCH3 is 2. The summed E-state index contributed by atoms with van der Waals surface area (Å²) in [6.45, 7) is 1.52. The van der Waals surface area contributed by atoms with E-state index in [-0.39, 0.29) is 11.7 Å². The topological polar surface area (TPSA) is 27.7 Å². The van der Waals surface area contributed by atoms with Crippen LogP contribution in [0, 0.1) is 5.92 Å². The van der Waals surface area contributed by atoms with Crippen molar-refractivity contribution in [3.8, 4) is 0 Å². The third-order valence-corrected chi connectivity index (χ3v) is 3.11. The summed E-state index contributed by atoms with van der Waals surface area (Å²) >= 11 is 0. The second-order valence-electron chi connectivity index (χ2n) is 3.76. The van der Waals surface area contributed by atoms with Crippen LogP contribution in [0.4, 0.5) is 0 Å². The van der Waals surface area contributed by atoms with Crippen molar-refractivity contribution in [1.29, 1.82) is 0 Å². The van der Waals surface area contributed by atoms with Crippen LogP contribution in [0.25, 0.3) is 0 Å². The molecule has 2 rings (SSSR count). The van der Waals surface area contributed by atoms with Crippen LogP contribution in [0.5, 0.6) is 0 Å². The van der Waals surface area contributed by atoms with Crippen LogP contribution in [0.15, 0.2) is 0 Å². The molecular formula is C9H16O3. The van der Waals surface area contributed by atoms with E-state index in [1.54, 1.807) is 14.2 Å². The van der Waals surface area contributed by atoms with Gasteiger partial charge >= 0.3 is 0 Å². The first-order chi connectivity index (χ1) is 5.82. The van der Waals surface area contributed by atoms with E-state index in [0.717, 1.165) is 13.0 Å². The molecule has 0 unspecified atom stereocenters. The predicted octanol–water partition coefficient (Wildman–Crippen LogP) is 0.827. The summed E-state index contributed by atoms with van der Waals surface area (Å²) in [5.74, 6) is 0.602. The van der Waals surface area contributed by atoms with Crippen molar-refractivity contribution in [3.05, 3.63) is 0 Å². The molecule has 1 heterocycles. The van der Waals surface area contributed by atoms with Crippen LogP contribution in [0.2, 0.25) is 0 Å². The first-order valence-electron chi connectivity index (χ1n) is 4.48. The molecule has 2 fully saturated rings. The Bertz CT molecular complexity index is 161. The molecule has 2 bridgehead atoms. The largest absolute Gasteiger partial charge is 0.382 e. The maximum atomic E-state index is 5.73. The summed E-state index contributed by atoms with van der Waals surface area (Å²) in [6.07, 6.45) is 2.57. The average Bonchev–Trinajstić information content (AvgIpc) is 2.58. The molecule has 0 aromatic rings. The first kappa shape index (κ1) is 8.48. The van der Waals surface area contributed by atoms with Crippen LogP contribution < -0.4 is 0 Å². The van der Waals surface area contributed by atoms with Crippen LogP contribution in [0.3, 0.4) is 0 Å². The van der Waals surface area contributed by atoms with E-state index < -0.39 is 0 Å². The number of hydrogen-bond donors (Lipinski definition) is 0. The minimum Gasteiger partial charge on any atom is -0.382 e. The van der Waals surface area contributed by atoms with Crippen LogP contribution in [-0.4, -0.2) is 39.1 Å². The van der Waals surface area contributed by atoms with E-state index in [4.69, 9.17) is 14.2 Å². The van der Waals surface area contributed by atoms with Crippen molar-refractivity contribution in [1.82, 2.24) is 0 Å². The molecule has 3 heteroatoms. The first-order valence-corrected chi connectivity index (χ1v) is 4.48. The highest BCUT2D eigenvalue weighted by Gasteiger charge is 2.55. The minimum atomic E-state index is -0.117. The monoisotopic (exact) mass is 172 g/mol. The zero-order valence-corrected chi connectivity index (χ0v) is 7.71. The van der Waals surface area contributed by atoms with E-state index in [1.807, 2.05) is 0 Å². The van der Waals surface area contributed by atoms with Gasteiger partial charge in [-0.25, -0.2) is 0 Å². The van der Waals surface area contributed by atoms with Gasteiger partial charge in [-0.05, 0) is 12.8 Å². The molecule has 2 aliphatic rings. The SMILES string of the molecule is COC[C@@]12CC[C@@H](CO1)[C@@H]2OC. The van der Waals surface area contributed by atoms with E-state index >= 15 is 0 Å².